The lowest BCUT2D eigenvalue weighted by atomic mass is 9.95. The van der Waals surface area contributed by atoms with E-state index < -0.39 is 16.6 Å². The van der Waals surface area contributed by atoms with Crippen molar-refractivity contribution in [1.29, 1.82) is 0 Å². The molecule has 36 heavy (non-hydrogen) atoms. The smallest absolute Gasteiger partial charge is 0.280 e. The van der Waals surface area contributed by atoms with Gasteiger partial charge < -0.3 is 9.73 Å². The number of nitro groups is 1. The van der Waals surface area contributed by atoms with Crippen molar-refractivity contribution in [2.45, 2.75) is 26.7 Å². The van der Waals surface area contributed by atoms with Crippen LogP contribution in [0.25, 0.3) is 33.4 Å². The molecule has 0 saturated heterocycles. The van der Waals surface area contributed by atoms with Crippen LogP contribution in [0, 0.1) is 21.8 Å². The van der Waals surface area contributed by atoms with Crippen LogP contribution in [0.15, 0.2) is 65.1 Å². The number of nitrogens with one attached hydrogen (secondary N) is 1. The molecule has 1 aromatic heterocycles. The zero-order valence-electron chi connectivity index (χ0n) is 20.1. The fourth-order valence-electron chi connectivity index (χ4n) is 4.09. The van der Waals surface area contributed by atoms with E-state index in [1.807, 2.05) is 13.8 Å². The van der Waals surface area contributed by atoms with E-state index in [0.717, 1.165) is 6.42 Å². The molecule has 0 unspecified atom stereocenters. The minimum atomic E-state index is -0.526. The summed E-state index contributed by atoms with van der Waals surface area (Å²) in [6.45, 7) is 4.08. The van der Waals surface area contributed by atoms with E-state index in [0.29, 0.717) is 34.4 Å². The lowest BCUT2D eigenvalue weighted by molar-refractivity contribution is -0.384. The summed E-state index contributed by atoms with van der Waals surface area (Å²) >= 11 is 0. The molecule has 8 heteroatoms. The van der Waals surface area contributed by atoms with Crippen LogP contribution in [0.3, 0.4) is 0 Å². The molecule has 1 N–H and O–H groups in total. The highest BCUT2D eigenvalue weighted by Crippen LogP contribution is 2.40. The summed E-state index contributed by atoms with van der Waals surface area (Å²) < 4.78 is 19.4. The number of carbonyl (C=O) groups excluding carboxylic acids is 2. The Balaban J connectivity index is 1.91. The standard InChI is InChI=1S/C28H25FN2O5/c1-16(2)7-12-24(32)19-6-4-5-18(13-19)21-14-22-25(15-23(21)31(34)35)36-27(26(22)28(33)30-3)17-8-10-20(29)11-9-17/h4-6,8-11,13-16H,7,12H2,1-3H3,(H,30,33). The molecule has 0 bridgehead atoms. The van der Waals surface area contributed by atoms with E-state index in [2.05, 4.69) is 5.32 Å². The van der Waals surface area contributed by atoms with Crippen molar-refractivity contribution in [1.82, 2.24) is 5.32 Å². The molecule has 1 amide bonds. The maximum atomic E-state index is 13.5. The van der Waals surface area contributed by atoms with Crippen LogP contribution in [0.5, 0.6) is 0 Å². The van der Waals surface area contributed by atoms with Gasteiger partial charge in [0.2, 0.25) is 0 Å². The second-order valence-corrected chi connectivity index (χ2v) is 8.95. The normalized spacial score (nSPS) is 11.1. The van der Waals surface area contributed by atoms with Gasteiger partial charge in [-0.25, -0.2) is 4.39 Å². The first-order valence-corrected chi connectivity index (χ1v) is 11.6. The molecular formula is C28H25FN2O5. The molecule has 4 aromatic rings. The summed E-state index contributed by atoms with van der Waals surface area (Å²) in [4.78, 5) is 37.0. The highest BCUT2D eigenvalue weighted by Gasteiger charge is 2.26. The number of Topliss-reactive ketones (excluding diaryl/α,β-unsaturated/α-hetero) is 1. The summed E-state index contributed by atoms with van der Waals surface area (Å²) in [5.41, 5.74) is 1.75. The molecule has 0 aliphatic carbocycles. The van der Waals surface area contributed by atoms with Gasteiger partial charge in [-0.1, -0.05) is 32.0 Å². The topological polar surface area (TPSA) is 102 Å². The zero-order chi connectivity index (χ0) is 26.0. The third kappa shape index (κ3) is 4.88. The van der Waals surface area contributed by atoms with Crippen LogP contribution in [-0.4, -0.2) is 23.7 Å². The van der Waals surface area contributed by atoms with E-state index in [1.54, 1.807) is 24.3 Å². The number of rotatable bonds is 8. The highest BCUT2D eigenvalue weighted by atomic mass is 19.1. The minimum Gasteiger partial charge on any atom is -0.455 e. The number of amides is 1. The Labute approximate surface area is 207 Å². The Hall–Kier alpha value is -4.33. The van der Waals surface area contributed by atoms with Crippen LogP contribution in [0.2, 0.25) is 0 Å². The average Bonchev–Trinajstić information content (AvgIpc) is 3.25. The van der Waals surface area contributed by atoms with E-state index in [-0.39, 0.29) is 33.9 Å². The van der Waals surface area contributed by atoms with Gasteiger partial charge in [0.15, 0.2) is 5.78 Å². The van der Waals surface area contributed by atoms with Gasteiger partial charge in [-0.2, -0.15) is 0 Å². The lowest BCUT2D eigenvalue weighted by Crippen LogP contribution is -2.18. The number of fused-ring (bicyclic) bond motifs is 1. The number of halogens is 1. The van der Waals surface area contributed by atoms with E-state index >= 15 is 0 Å². The largest absolute Gasteiger partial charge is 0.455 e. The van der Waals surface area contributed by atoms with Crippen LogP contribution in [-0.2, 0) is 0 Å². The number of benzene rings is 3. The summed E-state index contributed by atoms with van der Waals surface area (Å²) in [6.07, 6.45) is 1.12. The molecule has 7 nitrogen and oxygen atoms in total. The predicted molar refractivity (Wildman–Crippen MR) is 135 cm³/mol. The Bertz CT molecular complexity index is 1470. The Morgan fingerprint density at radius 3 is 2.42 bits per heavy atom. The number of hydrogen-bond acceptors (Lipinski definition) is 5. The summed E-state index contributed by atoms with van der Waals surface area (Å²) in [5, 5.41) is 14.9. The predicted octanol–water partition coefficient (Wildman–Crippen LogP) is 6.79. The lowest BCUT2D eigenvalue weighted by Gasteiger charge is -2.08. The minimum absolute atomic E-state index is 0.0396. The fraction of sp³-hybridized carbons (Fsp3) is 0.214. The Morgan fingerprint density at radius 2 is 1.78 bits per heavy atom. The van der Waals surface area contributed by atoms with Crippen LogP contribution < -0.4 is 5.32 Å². The van der Waals surface area contributed by atoms with Crippen molar-refractivity contribution in [3.05, 3.63) is 87.7 Å². The van der Waals surface area contributed by atoms with Crippen LogP contribution in [0.1, 0.15) is 47.4 Å². The number of carbonyl (C=O) groups is 2. The zero-order valence-corrected chi connectivity index (χ0v) is 20.1. The van der Waals surface area contributed by atoms with Crippen molar-refractivity contribution < 1.29 is 23.3 Å². The Morgan fingerprint density at radius 1 is 1.06 bits per heavy atom. The van der Waals surface area contributed by atoms with Crippen LogP contribution in [0.4, 0.5) is 10.1 Å². The molecule has 184 valence electrons. The quantitative estimate of drug-likeness (QED) is 0.167. The molecule has 0 radical (unpaired) electrons. The first-order valence-electron chi connectivity index (χ1n) is 11.6. The van der Waals surface area contributed by atoms with Gasteiger partial charge in [0, 0.05) is 30.0 Å². The molecule has 0 fully saturated rings. The molecule has 0 aliphatic heterocycles. The van der Waals surface area contributed by atoms with Crippen molar-refractivity contribution in [3.63, 3.8) is 0 Å². The van der Waals surface area contributed by atoms with Crippen molar-refractivity contribution >= 4 is 28.3 Å². The molecule has 0 aliphatic rings. The van der Waals surface area contributed by atoms with Gasteiger partial charge >= 0.3 is 0 Å². The van der Waals surface area contributed by atoms with Crippen LogP contribution >= 0.6 is 0 Å². The second-order valence-electron chi connectivity index (χ2n) is 8.95. The van der Waals surface area contributed by atoms with Gasteiger partial charge in [0.1, 0.15) is 17.2 Å². The number of nitrogens with zero attached hydrogens (tertiary/aromatic N) is 1. The van der Waals surface area contributed by atoms with E-state index in [9.17, 15) is 24.1 Å². The van der Waals surface area contributed by atoms with Gasteiger partial charge in [-0.15, -0.1) is 0 Å². The van der Waals surface area contributed by atoms with Gasteiger partial charge in [-0.3, -0.25) is 19.7 Å². The number of hydrogen-bond donors (Lipinski definition) is 1. The van der Waals surface area contributed by atoms with E-state index in [4.69, 9.17) is 4.42 Å². The monoisotopic (exact) mass is 488 g/mol. The second kappa shape index (κ2) is 10.1. The third-order valence-electron chi connectivity index (χ3n) is 6.01. The Kier molecular flexibility index (Phi) is 6.96. The average molecular weight is 489 g/mol. The molecule has 0 spiro atoms. The SMILES string of the molecule is CNC(=O)c1c(-c2ccc(F)cc2)oc2cc([N+](=O)[O-])c(-c3cccc(C(=O)CCC(C)C)c3)cc12. The summed E-state index contributed by atoms with van der Waals surface area (Å²) in [5.74, 6) is -0.390. The molecular weight excluding hydrogens is 463 g/mol. The highest BCUT2D eigenvalue weighted by molar-refractivity contribution is 6.12. The number of ketones is 1. The van der Waals surface area contributed by atoms with E-state index in [1.165, 1.54) is 43.4 Å². The fourth-order valence-corrected chi connectivity index (χ4v) is 4.09. The van der Waals surface area contributed by atoms with Gasteiger partial charge in [-0.05, 0) is 54.3 Å². The molecule has 3 aromatic carbocycles. The molecule has 1 heterocycles. The maximum absolute atomic E-state index is 13.5. The van der Waals surface area contributed by atoms with Crippen molar-refractivity contribution in [2.75, 3.05) is 7.05 Å². The summed E-state index contributed by atoms with van der Waals surface area (Å²) in [7, 11) is 1.47. The van der Waals surface area contributed by atoms with Crippen molar-refractivity contribution in [2.24, 2.45) is 5.92 Å². The third-order valence-corrected chi connectivity index (χ3v) is 6.01. The first kappa shape index (κ1) is 24.8. The number of nitro benzene ring substituents is 1. The number of furan rings is 1. The molecule has 0 atom stereocenters. The first-order chi connectivity index (χ1) is 17.2. The van der Waals surface area contributed by atoms with Gasteiger partial charge in [0.25, 0.3) is 11.6 Å². The molecule has 0 saturated carbocycles. The van der Waals surface area contributed by atoms with Gasteiger partial charge in [0.05, 0.1) is 22.1 Å². The maximum Gasteiger partial charge on any atom is 0.280 e. The summed E-state index contributed by atoms with van der Waals surface area (Å²) in [6, 6.07) is 14.9. The molecule has 4 rings (SSSR count). The van der Waals surface area contributed by atoms with Crippen molar-refractivity contribution in [3.8, 4) is 22.5 Å².